The summed E-state index contributed by atoms with van der Waals surface area (Å²) in [5, 5.41) is 18.7. The molecule has 0 aliphatic rings. The summed E-state index contributed by atoms with van der Waals surface area (Å²) in [4.78, 5) is 11.5. The molecule has 2 aromatic carbocycles. The summed E-state index contributed by atoms with van der Waals surface area (Å²) in [6, 6.07) is 11.1. The number of aliphatic carboxylic acids is 1. The molecule has 0 saturated heterocycles. The Bertz CT molecular complexity index is 679. The predicted octanol–water partition coefficient (Wildman–Crippen LogP) is 3.03. The second-order valence-corrected chi connectivity index (χ2v) is 4.56. The Hall–Kier alpha value is -2.95. The van der Waals surface area contributed by atoms with Crippen molar-refractivity contribution < 1.29 is 24.5 Å². The van der Waals surface area contributed by atoms with E-state index in [4.69, 9.17) is 9.47 Å². The fourth-order valence-electron chi connectivity index (χ4n) is 1.99. The Balaban J connectivity index is 2.50. The smallest absolute Gasteiger partial charge is 0.336 e. The van der Waals surface area contributed by atoms with Crippen LogP contribution in [0.2, 0.25) is 0 Å². The molecule has 0 unspecified atom stereocenters. The zero-order valence-electron chi connectivity index (χ0n) is 12.2. The number of hydrogen-bond donors (Lipinski definition) is 2. The van der Waals surface area contributed by atoms with Crippen molar-refractivity contribution in [2.75, 3.05) is 14.2 Å². The molecule has 0 fully saturated rings. The number of benzene rings is 2. The van der Waals surface area contributed by atoms with Gasteiger partial charge in [0.1, 0.15) is 17.2 Å². The topological polar surface area (TPSA) is 76.0 Å². The van der Waals surface area contributed by atoms with Crippen LogP contribution >= 0.6 is 0 Å². The molecule has 5 nitrogen and oxygen atoms in total. The number of carboxylic acids is 1. The van der Waals surface area contributed by atoms with Crippen LogP contribution in [-0.4, -0.2) is 30.4 Å². The monoisotopic (exact) mass is 300 g/mol. The molecule has 2 aromatic rings. The minimum absolute atomic E-state index is 0.0801. The first kappa shape index (κ1) is 15.4. The molecule has 0 aliphatic heterocycles. The Morgan fingerprint density at radius 2 is 1.55 bits per heavy atom. The summed E-state index contributed by atoms with van der Waals surface area (Å²) in [6.07, 6.45) is 1.53. The van der Waals surface area contributed by atoms with Gasteiger partial charge in [-0.25, -0.2) is 4.79 Å². The maximum Gasteiger partial charge on any atom is 0.336 e. The Morgan fingerprint density at radius 1 is 1.00 bits per heavy atom. The van der Waals surface area contributed by atoms with Gasteiger partial charge in [-0.05, 0) is 41.5 Å². The fourth-order valence-corrected chi connectivity index (χ4v) is 1.99. The highest BCUT2D eigenvalue weighted by Gasteiger charge is 2.11. The van der Waals surface area contributed by atoms with Gasteiger partial charge in [0.05, 0.1) is 19.8 Å². The summed E-state index contributed by atoms with van der Waals surface area (Å²) in [5.74, 6) is 0.158. The van der Waals surface area contributed by atoms with Crippen molar-refractivity contribution in [3.05, 3.63) is 53.6 Å². The molecule has 0 amide bonds. The molecule has 0 heterocycles. The van der Waals surface area contributed by atoms with E-state index in [1.807, 2.05) is 0 Å². The fraction of sp³-hybridized carbons (Fsp3) is 0.118. The SMILES string of the molecule is COc1cc(/C=C(/C(=O)O)c2ccc(O)cc2)cc(OC)c1. The van der Waals surface area contributed by atoms with E-state index in [0.29, 0.717) is 22.6 Å². The van der Waals surface area contributed by atoms with E-state index in [0.717, 1.165) is 0 Å². The van der Waals surface area contributed by atoms with Crippen LogP contribution in [0.1, 0.15) is 11.1 Å². The highest BCUT2D eigenvalue weighted by Crippen LogP contribution is 2.27. The molecule has 0 saturated carbocycles. The molecule has 22 heavy (non-hydrogen) atoms. The van der Waals surface area contributed by atoms with Crippen molar-refractivity contribution in [3.8, 4) is 17.2 Å². The number of hydrogen-bond acceptors (Lipinski definition) is 4. The lowest BCUT2D eigenvalue weighted by atomic mass is 10.0. The van der Waals surface area contributed by atoms with E-state index < -0.39 is 5.97 Å². The Morgan fingerprint density at radius 3 is 2.00 bits per heavy atom. The summed E-state index contributed by atoms with van der Waals surface area (Å²) in [7, 11) is 3.06. The second-order valence-electron chi connectivity index (χ2n) is 4.56. The minimum atomic E-state index is -1.06. The average Bonchev–Trinajstić information content (AvgIpc) is 2.53. The highest BCUT2D eigenvalue weighted by molar-refractivity contribution is 6.20. The molecule has 0 radical (unpaired) electrons. The molecular formula is C17H16O5. The van der Waals surface area contributed by atoms with Crippen molar-refractivity contribution in [2.45, 2.75) is 0 Å². The number of ether oxygens (including phenoxy) is 2. The minimum Gasteiger partial charge on any atom is -0.508 e. The maximum absolute atomic E-state index is 11.5. The molecular weight excluding hydrogens is 284 g/mol. The van der Waals surface area contributed by atoms with Gasteiger partial charge in [0.25, 0.3) is 0 Å². The summed E-state index contributed by atoms with van der Waals surface area (Å²) < 4.78 is 10.3. The number of carboxylic acid groups (broad SMARTS) is 1. The molecule has 2 rings (SSSR count). The molecule has 2 N–H and O–H groups in total. The van der Waals surface area contributed by atoms with Crippen LogP contribution in [0.3, 0.4) is 0 Å². The van der Waals surface area contributed by atoms with Gasteiger partial charge in [0.15, 0.2) is 0 Å². The van der Waals surface area contributed by atoms with E-state index in [1.54, 1.807) is 30.3 Å². The van der Waals surface area contributed by atoms with Crippen LogP contribution in [0.4, 0.5) is 0 Å². The van der Waals surface area contributed by atoms with Crippen LogP contribution < -0.4 is 9.47 Å². The van der Waals surface area contributed by atoms with Crippen molar-refractivity contribution in [1.29, 1.82) is 0 Å². The predicted molar refractivity (Wildman–Crippen MR) is 83.2 cm³/mol. The first-order valence-electron chi connectivity index (χ1n) is 6.51. The van der Waals surface area contributed by atoms with Gasteiger partial charge in [-0.2, -0.15) is 0 Å². The number of phenolic OH excluding ortho intramolecular Hbond substituents is 1. The highest BCUT2D eigenvalue weighted by atomic mass is 16.5. The lowest BCUT2D eigenvalue weighted by molar-refractivity contribution is -0.130. The third kappa shape index (κ3) is 3.58. The Labute approximate surface area is 128 Å². The molecule has 0 aromatic heterocycles. The van der Waals surface area contributed by atoms with Crippen LogP contribution in [-0.2, 0) is 4.79 Å². The van der Waals surface area contributed by atoms with E-state index in [9.17, 15) is 15.0 Å². The number of phenols is 1. The quantitative estimate of drug-likeness (QED) is 0.655. The number of carbonyl (C=O) groups is 1. The van der Waals surface area contributed by atoms with Gasteiger partial charge < -0.3 is 19.7 Å². The van der Waals surface area contributed by atoms with E-state index >= 15 is 0 Å². The standard InChI is InChI=1S/C17H16O5/c1-21-14-7-11(8-15(10-14)22-2)9-16(17(19)20)12-3-5-13(18)6-4-12/h3-10,18H,1-2H3,(H,19,20)/b16-9+. The van der Waals surface area contributed by atoms with Crippen LogP contribution in [0.5, 0.6) is 17.2 Å². The first-order chi connectivity index (χ1) is 10.5. The summed E-state index contributed by atoms with van der Waals surface area (Å²) in [5.41, 5.74) is 1.24. The van der Waals surface area contributed by atoms with Crippen LogP contribution in [0, 0.1) is 0 Å². The van der Waals surface area contributed by atoms with Crippen LogP contribution in [0.15, 0.2) is 42.5 Å². The zero-order valence-corrected chi connectivity index (χ0v) is 12.2. The van der Waals surface area contributed by atoms with Crippen molar-refractivity contribution in [3.63, 3.8) is 0 Å². The average molecular weight is 300 g/mol. The van der Waals surface area contributed by atoms with Crippen molar-refractivity contribution >= 4 is 17.6 Å². The number of aromatic hydroxyl groups is 1. The normalized spacial score (nSPS) is 11.1. The van der Waals surface area contributed by atoms with Gasteiger partial charge >= 0.3 is 5.97 Å². The van der Waals surface area contributed by atoms with E-state index in [1.165, 1.54) is 32.4 Å². The lowest BCUT2D eigenvalue weighted by Gasteiger charge is -2.08. The van der Waals surface area contributed by atoms with Gasteiger partial charge in [-0.15, -0.1) is 0 Å². The molecule has 0 spiro atoms. The van der Waals surface area contributed by atoms with Gasteiger partial charge in [0, 0.05) is 6.07 Å². The maximum atomic E-state index is 11.5. The molecule has 5 heteroatoms. The second kappa shape index (κ2) is 6.67. The molecule has 114 valence electrons. The van der Waals surface area contributed by atoms with Crippen molar-refractivity contribution in [1.82, 2.24) is 0 Å². The largest absolute Gasteiger partial charge is 0.508 e. The molecule has 0 aliphatic carbocycles. The summed E-state index contributed by atoms with van der Waals surface area (Å²) >= 11 is 0. The zero-order chi connectivity index (χ0) is 16.1. The third-order valence-electron chi connectivity index (χ3n) is 3.09. The Kier molecular flexibility index (Phi) is 4.68. The van der Waals surface area contributed by atoms with Gasteiger partial charge in [-0.3, -0.25) is 0 Å². The number of methoxy groups -OCH3 is 2. The van der Waals surface area contributed by atoms with E-state index in [2.05, 4.69) is 0 Å². The summed E-state index contributed by atoms with van der Waals surface area (Å²) in [6.45, 7) is 0. The van der Waals surface area contributed by atoms with Crippen molar-refractivity contribution in [2.24, 2.45) is 0 Å². The lowest BCUT2D eigenvalue weighted by Crippen LogP contribution is -1.99. The van der Waals surface area contributed by atoms with Gasteiger partial charge in [0.2, 0.25) is 0 Å². The number of rotatable bonds is 5. The third-order valence-corrected chi connectivity index (χ3v) is 3.09. The van der Waals surface area contributed by atoms with Crippen LogP contribution in [0.25, 0.3) is 11.6 Å². The first-order valence-corrected chi connectivity index (χ1v) is 6.51. The molecule has 0 atom stereocenters. The van der Waals surface area contributed by atoms with Gasteiger partial charge in [-0.1, -0.05) is 12.1 Å². The van der Waals surface area contributed by atoms with E-state index in [-0.39, 0.29) is 11.3 Å². The molecule has 0 bridgehead atoms.